The summed E-state index contributed by atoms with van der Waals surface area (Å²) in [6.45, 7) is 6.27. The number of hydrogen-bond acceptors (Lipinski definition) is 3. The average molecular weight is 320 g/mol. The minimum Gasteiger partial charge on any atom is -0.267 e. The molecular formula is C19H16N2OS. The second-order valence-electron chi connectivity index (χ2n) is 5.95. The van der Waals surface area contributed by atoms with Crippen LogP contribution in [-0.4, -0.2) is 9.38 Å². The fourth-order valence-electron chi connectivity index (χ4n) is 3.16. The Hall–Kier alpha value is -2.46. The first-order valence-electron chi connectivity index (χ1n) is 7.54. The highest BCUT2D eigenvalue weighted by atomic mass is 32.1. The molecule has 3 nitrogen and oxygen atoms in total. The highest BCUT2D eigenvalue weighted by Crippen LogP contribution is 2.18. The predicted molar refractivity (Wildman–Crippen MR) is 96.3 cm³/mol. The maximum Gasteiger partial charge on any atom is 0.274 e. The van der Waals surface area contributed by atoms with Crippen molar-refractivity contribution in [2.75, 3.05) is 0 Å². The zero-order chi connectivity index (χ0) is 16.1. The van der Waals surface area contributed by atoms with Crippen LogP contribution in [-0.2, 0) is 0 Å². The molecule has 4 aromatic rings. The number of hydrogen-bond donors (Lipinski definition) is 0. The Balaban J connectivity index is 2.04. The van der Waals surface area contributed by atoms with Crippen molar-refractivity contribution >= 4 is 33.4 Å². The van der Waals surface area contributed by atoms with Crippen LogP contribution in [0.5, 0.6) is 0 Å². The Bertz CT molecular complexity index is 1140. The molecule has 0 amide bonds. The minimum atomic E-state index is 0.0121. The van der Waals surface area contributed by atoms with Gasteiger partial charge in [-0.2, -0.15) is 0 Å². The molecule has 0 bridgehead atoms. The number of thiazole rings is 1. The Morgan fingerprint density at radius 3 is 2.52 bits per heavy atom. The normalized spacial score (nSPS) is 12.6. The van der Waals surface area contributed by atoms with E-state index >= 15 is 0 Å². The summed E-state index contributed by atoms with van der Waals surface area (Å²) in [6.07, 6.45) is 2.00. The molecule has 0 spiro atoms. The van der Waals surface area contributed by atoms with Crippen molar-refractivity contribution < 1.29 is 0 Å². The van der Waals surface area contributed by atoms with Crippen LogP contribution in [0.4, 0.5) is 0 Å². The molecule has 2 aromatic heterocycles. The number of fused-ring (bicyclic) bond motifs is 3. The zero-order valence-electron chi connectivity index (χ0n) is 13.3. The van der Waals surface area contributed by atoms with Crippen molar-refractivity contribution in [2.24, 2.45) is 0 Å². The number of aryl methyl sites for hydroxylation is 3. The molecule has 4 rings (SSSR count). The van der Waals surface area contributed by atoms with Crippen molar-refractivity contribution in [1.29, 1.82) is 0 Å². The molecule has 0 aliphatic carbocycles. The van der Waals surface area contributed by atoms with E-state index in [9.17, 15) is 4.79 Å². The quantitative estimate of drug-likeness (QED) is 0.539. The number of benzene rings is 2. The first kappa shape index (κ1) is 14.2. The van der Waals surface area contributed by atoms with E-state index in [4.69, 9.17) is 0 Å². The van der Waals surface area contributed by atoms with Crippen LogP contribution in [0.3, 0.4) is 0 Å². The molecule has 2 aromatic carbocycles. The second-order valence-corrected chi connectivity index (χ2v) is 6.96. The lowest BCUT2D eigenvalue weighted by Crippen LogP contribution is -2.22. The molecule has 0 atom stereocenters. The van der Waals surface area contributed by atoms with Gasteiger partial charge in [-0.3, -0.25) is 4.79 Å². The van der Waals surface area contributed by atoms with Crippen molar-refractivity contribution in [3.05, 3.63) is 73.5 Å². The van der Waals surface area contributed by atoms with E-state index < -0.39 is 0 Å². The smallest absolute Gasteiger partial charge is 0.267 e. The summed E-state index contributed by atoms with van der Waals surface area (Å²) in [5.41, 5.74) is 6.51. The fourth-order valence-corrected chi connectivity index (χ4v) is 4.13. The van der Waals surface area contributed by atoms with Gasteiger partial charge in [0.05, 0.1) is 15.6 Å². The summed E-state index contributed by atoms with van der Waals surface area (Å²) in [7, 11) is 0. The number of rotatable bonds is 1. The largest absolute Gasteiger partial charge is 0.274 e. The Morgan fingerprint density at radius 2 is 1.78 bits per heavy atom. The maximum absolute atomic E-state index is 12.8. The first-order chi connectivity index (χ1) is 11.0. The summed E-state index contributed by atoms with van der Waals surface area (Å²) >= 11 is 1.45. The molecule has 114 valence electrons. The number of para-hydroxylation sites is 2. The van der Waals surface area contributed by atoms with Crippen LogP contribution in [0.15, 0.2) is 41.2 Å². The highest BCUT2D eigenvalue weighted by Gasteiger charge is 2.11. The van der Waals surface area contributed by atoms with E-state index in [1.807, 2.05) is 30.3 Å². The number of aromatic nitrogens is 2. The number of imidazole rings is 1. The summed E-state index contributed by atoms with van der Waals surface area (Å²) < 4.78 is 2.44. The molecule has 23 heavy (non-hydrogen) atoms. The van der Waals surface area contributed by atoms with Crippen LogP contribution in [0.25, 0.3) is 22.1 Å². The third-order valence-electron chi connectivity index (χ3n) is 4.16. The molecule has 0 unspecified atom stereocenters. The van der Waals surface area contributed by atoms with Crippen LogP contribution >= 0.6 is 11.3 Å². The topological polar surface area (TPSA) is 34.4 Å². The monoisotopic (exact) mass is 320 g/mol. The van der Waals surface area contributed by atoms with Crippen molar-refractivity contribution in [1.82, 2.24) is 9.38 Å². The SMILES string of the molecule is Cc1cc(C)c(/C=c2\sc3nc4ccccc4n3c2=O)c(C)c1. The van der Waals surface area contributed by atoms with E-state index in [1.165, 1.54) is 28.0 Å². The van der Waals surface area contributed by atoms with Gasteiger partial charge in [-0.15, -0.1) is 0 Å². The second kappa shape index (κ2) is 5.03. The van der Waals surface area contributed by atoms with E-state index in [-0.39, 0.29) is 5.56 Å². The van der Waals surface area contributed by atoms with Gasteiger partial charge in [-0.1, -0.05) is 41.2 Å². The van der Waals surface area contributed by atoms with Gasteiger partial charge in [0.25, 0.3) is 5.56 Å². The van der Waals surface area contributed by atoms with Crippen LogP contribution in [0.2, 0.25) is 0 Å². The molecular weight excluding hydrogens is 304 g/mol. The van der Waals surface area contributed by atoms with Crippen molar-refractivity contribution in [3.63, 3.8) is 0 Å². The van der Waals surface area contributed by atoms with Gasteiger partial charge < -0.3 is 0 Å². The fraction of sp³-hybridized carbons (Fsp3) is 0.158. The molecule has 0 saturated carbocycles. The third-order valence-corrected chi connectivity index (χ3v) is 5.13. The first-order valence-corrected chi connectivity index (χ1v) is 8.36. The van der Waals surface area contributed by atoms with Crippen molar-refractivity contribution in [2.45, 2.75) is 20.8 Å². The molecule has 0 aliphatic heterocycles. The highest BCUT2D eigenvalue weighted by molar-refractivity contribution is 7.15. The molecule has 0 aliphatic rings. The van der Waals surface area contributed by atoms with Crippen LogP contribution < -0.4 is 10.1 Å². The number of nitrogens with zero attached hydrogens (tertiary/aromatic N) is 2. The van der Waals surface area contributed by atoms with Gasteiger partial charge in [0.2, 0.25) is 0 Å². The van der Waals surface area contributed by atoms with Gasteiger partial charge in [-0.25, -0.2) is 9.38 Å². The lowest BCUT2D eigenvalue weighted by Gasteiger charge is -2.06. The molecule has 0 fully saturated rings. The maximum atomic E-state index is 12.8. The van der Waals surface area contributed by atoms with E-state index in [1.54, 1.807) is 4.40 Å². The lowest BCUT2D eigenvalue weighted by atomic mass is 10.00. The minimum absolute atomic E-state index is 0.0121. The van der Waals surface area contributed by atoms with Gasteiger partial charge in [0, 0.05) is 0 Å². The predicted octanol–water partition coefficient (Wildman–Crippen LogP) is 3.38. The van der Waals surface area contributed by atoms with Crippen LogP contribution in [0.1, 0.15) is 22.3 Å². The van der Waals surface area contributed by atoms with Gasteiger partial charge in [0.1, 0.15) is 0 Å². The van der Waals surface area contributed by atoms with Crippen LogP contribution in [0, 0.1) is 20.8 Å². The van der Waals surface area contributed by atoms with Gasteiger partial charge in [-0.05, 0) is 55.7 Å². The summed E-state index contributed by atoms with van der Waals surface area (Å²) in [5, 5.41) is 0. The van der Waals surface area contributed by atoms with E-state index in [0.717, 1.165) is 26.1 Å². The molecule has 0 radical (unpaired) electrons. The Kier molecular flexibility index (Phi) is 3.10. The van der Waals surface area contributed by atoms with E-state index in [0.29, 0.717) is 0 Å². The van der Waals surface area contributed by atoms with Crippen molar-refractivity contribution in [3.8, 4) is 0 Å². The molecule has 0 saturated heterocycles. The van der Waals surface area contributed by atoms with Gasteiger partial charge >= 0.3 is 0 Å². The summed E-state index contributed by atoms with van der Waals surface area (Å²) in [6, 6.07) is 12.1. The third kappa shape index (κ3) is 2.18. The average Bonchev–Trinajstić information content (AvgIpc) is 3.00. The van der Waals surface area contributed by atoms with Gasteiger partial charge in [0.15, 0.2) is 4.96 Å². The molecule has 0 N–H and O–H groups in total. The standard InChI is InChI=1S/C19H16N2OS/c1-11-8-12(2)14(13(3)9-11)10-17-18(22)21-16-7-5-4-6-15(16)20-19(21)23-17/h4-10H,1-3H3/b17-10-. The Morgan fingerprint density at radius 1 is 1.09 bits per heavy atom. The Labute approximate surface area is 137 Å². The lowest BCUT2D eigenvalue weighted by molar-refractivity contribution is 1.19. The summed E-state index contributed by atoms with van der Waals surface area (Å²) in [4.78, 5) is 18.1. The zero-order valence-corrected chi connectivity index (χ0v) is 14.1. The summed E-state index contributed by atoms with van der Waals surface area (Å²) in [5.74, 6) is 0. The molecule has 4 heteroatoms. The van der Waals surface area contributed by atoms with E-state index in [2.05, 4.69) is 37.9 Å². The molecule has 2 heterocycles.